The van der Waals surface area contributed by atoms with Crippen molar-refractivity contribution in [3.05, 3.63) is 0 Å². The Bertz CT molecular complexity index is 107. The van der Waals surface area contributed by atoms with E-state index in [0.717, 1.165) is 19.3 Å². The molecular formula is C7H12Cl2O2. The van der Waals surface area contributed by atoms with Gasteiger partial charge in [-0.3, -0.25) is 4.79 Å². The molecule has 0 aromatic heterocycles. The topological polar surface area (TPSA) is 26.3 Å². The number of unbranched alkanes of at least 4 members (excludes halogenated alkanes) is 2. The minimum atomic E-state index is -0.349. The van der Waals surface area contributed by atoms with Crippen molar-refractivity contribution in [1.82, 2.24) is 0 Å². The summed E-state index contributed by atoms with van der Waals surface area (Å²) in [6, 6.07) is 0. The summed E-state index contributed by atoms with van der Waals surface area (Å²) in [7, 11) is 0. The highest BCUT2D eigenvalue weighted by atomic mass is 35.5. The summed E-state index contributed by atoms with van der Waals surface area (Å²) < 4.78 is 4.72. The van der Waals surface area contributed by atoms with E-state index in [1.54, 1.807) is 0 Å². The third kappa shape index (κ3) is 7.95. The van der Waals surface area contributed by atoms with Crippen LogP contribution < -0.4 is 0 Å². The molecule has 0 aliphatic rings. The van der Waals surface area contributed by atoms with Crippen LogP contribution in [-0.2, 0) is 9.53 Å². The highest BCUT2D eigenvalue weighted by molar-refractivity contribution is 6.26. The first-order chi connectivity index (χ1) is 5.31. The molecule has 0 atom stereocenters. The Hall–Kier alpha value is 0.0500. The van der Waals surface area contributed by atoms with Gasteiger partial charge in [-0.05, 0) is 19.3 Å². The van der Waals surface area contributed by atoms with Crippen molar-refractivity contribution in [3.63, 3.8) is 0 Å². The van der Waals surface area contributed by atoms with Crippen molar-refractivity contribution < 1.29 is 9.53 Å². The Kier molecular flexibility index (Phi) is 8.19. The molecule has 0 aromatic rings. The lowest BCUT2D eigenvalue weighted by Crippen LogP contribution is -2.06. The van der Waals surface area contributed by atoms with Crippen LogP contribution in [0.2, 0.25) is 0 Å². The van der Waals surface area contributed by atoms with E-state index in [-0.39, 0.29) is 11.8 Å². The van der Waals surface area contributed by atoms with Crippen LogP contribution in [0.15, 0.2) is 0 Å². The van der Waals surface area contributed by atoms with Gasteiger partial charge in [0.25, 0.3) is 0 Å². The predicted molar refractivity (Wildman–Crippen MR) is 46.3 cm³/mol. The molecule has 0 aromatic carbocycles. The van der Waals surface area contributed by atoms with E-state index in [1.165, 1.54) is 0 Å². The first-order valence-corrected chi connectivity index (χ1v) is 4.65. The average molecular weight is 199 g/mol. The Morgan fingerprint density at radius 2 is 1.91 bits per heavy atom. The Morgan fingerprint density at radius 1 is 1.18 bits per heavy atom. The van der Waals surface area contributed by atoms with Crippen LogP contribution in [0.25, 0.3) is 0 Å². The zero-order valence-electron chi connectivity index (χ0n) is 6.32. The molecular weight excluding hydrogens is 187 g/mol. The van der Waals surface area contributed by atoms with Crippen molar-refractivity contribution in [2.75, 3.05) is 18.4 Å². The quantitative estimate of drug-likeness (QED) is 0.372. The van der Waals surface area contributed by atoms with E-state index < -0.39 is 0 Å². The van der Waals surface area contributed by atoms with Crippen LogP contribution in [-0.4, -0.2) is 24.3 Å². The first-order valence-electron chi connectivity index (χ1n) is 3.58. The van der Waals surface area contributed by atoms with Crippen LogP contribution in [0.1, 0.15) is 19.3 Å². The zero-order valence-corrected chi connectivity index (χ0v) is 7.83. The monoisotopic (exact) mass is 198 g/mol. The van der Waals surface area contributed by atoms with Crippen LogP contribution in [0.4, 0.5) is 0 Å². The molecule has 0 aliphatic carbocycles. The van der Waals surface area contributed by atoms with Crippen LogP contribution in [0, 0.1) is 0 Å². The molecule has 66 valence electrons. The molecule has 11 heavy (non-hydrogen) atoms. The predicted octanol–water partition coefficient (Wildman–Crippen LogP) is 2.18. The van der Waals surface area contributed by atoms with Crippen molar-refractivity contribution in [1.29, 1.82) is 0 Å². The highest BCUT2D eigenvalue weighted by Gasteiger charge is 1.97. The second-order valence-electron chi connectivity index (χ2n) is 2.10. The molecule has 0 rings (SSSR count). The molecule has 0 amide bonds. The van der Waals surface area contributed by atoms with E-state index in [2.05, 4.69) is 0 Å². The molecule has 0 saturated heterocycles. The first kappa shape index (κ1) is 11.1. The maximum absolute atomic E-state index is 10.5. The number of ether oxygens (including phenoxy) is 1. The number of esters is 1. The Labute approximate surface area is 76.8 Å². The van der Waals surface area contributed by atoms with Gasteiger partial charge >= 0.3 is 5.97 Å². The molecule has 0 aliphatic heterocycles. The number of alkyl halides is 2. The summed E-state index contributed by atoms with van der Waals surface area (Å²) in [5.74, 6) is 0.261. The Morgan fingerprint density at radius 3 is 2.45 bits per heavy atom. The molecule has 0 radical (unpaired) electrons. The van der Waals surface area contributed by atoms with E-state index in [1.807, 2.05) is 0 Å². The summed E-state index contributed by atoms with van der Waals surface area (Å²) in [4.78, 5) is 10.5. The Balaban J connectivity index is 2.95. The third-order valence-electron chi connectivity index (χ3n) is 1.15. The number of rotatable bonds is 6. The van der Waals surface area contributed by atoms with Gasteiger partial charge in [-0.15, -0.1) is 23.2 Å². The van der Waals surface area contributed by atoms with Crippen LogP contribution in [0.5, 0.6) is 0 Å². The molecule has 0 saturated carbocycles. The molecule has 0 spiro atoms. The van der Waals surface area contributed by atoms with Gasteiger partial charge in [0, 0.05) is 5.88 Å². The SMILES string of the molecule is O=C(CCl)OCCCCCCl. The van der Waals surface area contributed by atoms with Gasteiger partial charge in [-0.25, -0.2) is 0 Å². The van der Waals surface area contributed by atoms with Crippen LogP contribution >= 0.6 is 23.2 Å². The molecule has 0 heterocycles. The maximum Gasteiger partial charge on any atom is 0.320 e. The van der Waals surface area contributed by atoms with E-state index in [0.29, 0.717) is 12.5 Å². The van der Waals surface area contributed by atoms with E-state index in [9.17, 15) is 4.79 Å². The molecule has 0 N–H and O–H groups in total. The molecule has 0 unspecified atom stereocenters. The van der Waals surface area contributed by atoms with Crippen LogP contribution in [0.3, 0.4) is 0 Å². The second-order valence-corrected chi connectivity index (χ2v) is 2.75. The maximum atomic E-state index is 10.5. The van der Waals surface area contributed by atoms with Gasteiger partial charge in [0.1, 0.15) is 5.88 Å². The lowest BCUT2D eigenvalue weighted by Gasteiger charge is -2.00. The minimum absolute atomic E-state index is 0.0600. The normalized spacial score (nSPS) is 9.64. The lowest BCUT2D eigenvalue weighted by atomic mass is 10.3. The van der Waals surface area contributed by atoms with Crippen molar-refractivity contribution in [2.24, 2.45) is 0 Å². The fraction of sp³-hybridized carbons (Fsp3) is 0.857. The summed E-state index contributed by atoms with van der Waals surface area (Å²) in [6.07, 6.45) is 2.84. The zero-order chi connectivity index (χ0) is 8.53. The molecule has 0 fully saturated rings. The molecule has 2 nitrogen and oxygen atoms in total. The number of halogens is 2. The minimum Gasteiger partial charge on any atom is -0.465 e. The fourth-order valence-electron chi connectivity index (χ4n) is 0.598. The fourth-order valence-corrected chi connectivity index (χ4v) is 0.864. The lowest BCUT2D eigenvalue weighted by molar-refractivity contribution is -0.140. The van der Waals surface area contributed by atoms with Gasteiger partial charge in [0.2, 0.25) is 0 Å². The van der Waals surface area contributed by atoms with E-state index >= 15 is 0 Å². The summed E-state index contributed by atoms with van der Waals surface area (Å²) in [5, 5.41) is 0. The second kappa shape index (κ2) is 8.15. The summed E-state index contributed by atoms with van der Waals surface area (Å²) in [5.41, 5.74) is 0. The average Bonchev–Trinajstić information content (AvgIpc) is 2.04. The van der Waals surface area contributed by atoms with Gasteiger partial charge in [-0.1, -0.05) is 0 Å². The highest BCUT2D eigenvalue weighted by Crippen LogP contribution is 1.97. The van der Waals surface area contributed by atoms with Crippen molar-refractivity contribution in [3.8, 4) is 0 Å². The number of carbonyl (C=O) groups excluding carboxylic acids is 1. The standard InChI is InChI=1S/C7H12Cl2O2/c8-4-2-1-3-5-11-7(10)6-9/h1-6H2. The number of hydrogen-bond donors (Lipinski definition) is 0. The van der Waals surface area contributed by atoms with Crippen molar-refractivity contribution >= 4 is 29.2 Å². The number of carbonyl (C=O) groups is 1. The smallest absolute Gasteiger partial charge is 0.320 e. The van der Waals surface area contributed by atoms with Crippen molar-refractivity contribution in [2.45, 2.75) is 19.3 Å². The van der Waals surface area contributed by atoms with Gasteiger partial charge in [-0.2, -0.15) is 0 Å². The molecule has 0 bridgehead atoms. The van der Waals surface area contributed by atoms with Gasteiger partial charge < -0.3 is 4.74 Å². The molecule has 4 heteroatoms. The largest absolute Gasteiger partial charge is 0.465 e. The number of hydrogen-bond acceptors (Lipinski definition) is 2. The third-order valence-corrected chi connectivity index (χ3v) is 1.64. The van der Waals surface area contributed by atoms with E-state index in [4.69, 9.17) is 27.9 Å². The summed E-state index contributed by atoms with van der Waals surface area (Å²) >= 11 is 10.6. The van der Waals surface area contributed by atoms with Gasteiger partial charge in [0.05, 0.1) is 6.61 Å². The van der Waals surface area contributed by atoms with Gasteiger partial charge in [0.15, 0.2) is 0 Å². The summed E-state index contributed by atoms with van der Waals surface area (Å²) in [6.45, 7) is 0.461.